The molecule has 4 aliphatic heterocycles. The molecule has 3 atom stereocenters. The van der Waals surface area contributed by atoms with Crippen LogP contribution in [0.5, 0.6) is 0 Å². The molecule has 2 aromatic heterocycles. The van der Waals surface area contributed by atoms with Gasteiger partial charge >= 0.3 is 0 Å². The lowest BCUT2D eigenvalue weighted by Crippen LogP contribution is -2.62. The molecule has 250 valence electrons. The topological polar surface area (TPSA) is 51.9 Å². The molecule has 50 heavy (non-hydrogen) atoms. The minimum atomic E-state index is -0.282. The molecule has 4 aliphatic rings. The highest BCUT2D eigenvalue weighted by Crippen LogP contribution is 2.67. The van der Waals surface area contributed by atoms with E-state index in [9.17, 15) is 0 Å². The Balaban J connectivity index is 1.27. The molecule has 0 saturated carbocycles. The Morgan fingerprint density at radius 1 is 0.820 bits per heavy atom. The fourth-order valence-electron chi connectivity index (χ4n) is 10.6. The van der Waals surface area contributed by atoms with Crippen LogP contribution in [0.2, 0.25) is 0 Å². The van der Waals surface area contributed by atoms with Crippen LogP contribution >= 0.6 is 0 Å². The number of benzene rings is 4. The maximum absolute atomic E-state index is 6.88. The van der Waals surface area contributed by atoms with Gasteiger partial charge in [-0.25, -0.2) is 9.97 Å². The number of nitrogens with zero attached hydrogens (tertiary/aromatic N) is 6. The van der Waals surface area contributed by atoms with Crippen molar-refractivity contribution in [3.8, 4) is 11.4 Å². The summed E-state index contributed by atoms with van der Waals surface area (Å²) >= 11 is 0. The SMILES string of the molecule is CCC1(CC)c2ccc3c(oc4ccccc43)c2N2C=CN(C)C2CCC12c1ccccc1N1c3nc(-c4ccccc4C)ncc3N(C)C12. The van der Waals surface area contributed by atoms with Gasteiger partial charge in [-0.2, -0.15) is 0 Å². The average molecular weight is 659 g/mol. The summed E-state index contributed by atoms with van der Waals surface area (Å²) in [5.41, 5.74) is 9.98. The summed E-state index contributed by atoms with van der Waals surface area (Å²) in [7, 11) is 4.48. The molecule has 6 aromatic rings. The second kappa shape index (κ2) is 10.4. The van der Waals surface area contributed by atoms with E-state index in [0.717, 1.165) is 59.7 Å². The number of hydrogen-bond donors (Lipinski definition) is 0. The molecule has 4 aromatic carbocycles. The van der Waals surface area contributed by atoms with Crippen LogP contribution in [0.4, 0.5) is 22.9 Å². The van der Waals surface area contributed by atoms with Crippen LogP contribution in [0, 0.1) is 6.92 Å². The van der Waals surface area contributed by atoms with Crippen molar-refractivity contribution in [3.63, 3.8) is 0 Å². The highest BCUT2D eigenvalue weighted by Gasteiger charge is 2.67. The third kappa shape index (κ3) is 3.50. The van der Waals surface area contributed by atoms with Crippen LogP contribution in [0.3, 0.4) is 0 Å². The van der Waals surface area contributed by atoms with Gasteiger partial charge in [0.25, 0.3) is 0 Å². The van der Waals surface area contributed by atoms with Crippen molar-refractivity contribution < 1.29 is 4.42 Å². The summed E-state index contributed by atoms with van der Waals surface area (Å²) in [6.07, 6.45) is 10.7. The Labute approximate surface area is 293 Å². The fraction of sp³-hybridized carbons (Fsp3) is 0.302. The molecule has 0 saturated heterocycles. The van der Waals surface area contributed by atoms with E-state index < -0.39 is 0 Å². The summed E-state index contributed by atoms with van der Waals surface area (Å²) in [5.74, 6) is 1.77. The van der Waals surface area contributed by atoms with Crippen molar-refractivity contribution >= 4 is 44.8 Å². The van der Waals surface area contributed by atoms with Gasteiger partial charge in [-0.1, -0.05) is 86.6 Å². The Morgan fingerprint density at radius 2 is 1.60 bits per heavy atom. The Hall–Kier alpha value is -5.30. The first-order valence-corrected chi connectivity index (χ1v) is 18.1. The van der Waals surface area contributed by atoms with Crippen LogP contribution in [0.15, 0.2) is 108 Å². The molecule has 0 amide bonds. The molecule has 7 nitrogen and oxygen atoms in total. The summed E-state index contributed by atoms with van der Waals surface area (Å²) in [6.45, 7) is 6.96. The molecule has 0 N–H and O–H groups in total. The minimum Gasteiger partial charge on any atom is -0.454 e. The van der Waals surface area contributed by atoms with Crippen molar-refractivity contribution in [3.05, 3.63) is 120 Å². The third-order valence-corrected chi connectivity index (χ3v) is 12.8. The highest BCUT2D eigenvalue weighted by molar-refractivity contribution is 6.10. The standard InChI is InChI=1S/C43H42N6O/c1-6-42(7-2)32-21-20-30-29-16-10-13-19-35(29)50-38(30)37(32)48-25-24-46(4)36(48)22-23-43(42)31-17-11-12-18-33(31)49-40-34(47(5)41(43)49)26-44-39(45-40)28-15-9-8-14-27(28)3/h8-21,24-26,36,41H,6-7,22-23H2,1-5H3. The predicted octanol–water partition coefficient (Wildman–Crippen LogP) is 9.62. The number of aryl methyl sites for hydroxylation is 1. The van der Waals surface area contributed by atoms with Crippen molar-refractivity contribution in [2.24, 2.45) is 0 Å². The van der Waals surface area contributed by atoms with Crippen LogP contribution in [-0.2, 0) is 10.8 Å². The molecule has 10 rings (SSSR count). The minimum absolute atomic E-state index is 0.0154. The third-order valence-electron chi connectivity index (χ3n) is 12.8. The highest BCUT2D eigenvalue weighted by atomic mass is 16.3. The molecule has 7 heteroatoms. The van der Waals surface area contributed by atoms with Crippen molar-refractivity contribution in [1.82, 2.24) is 14.9 Å². The van der Waals surface area contributed by atoms with Gasteiger partial charge in [0.2, 0.25) is 0 Å². The number of para-hydroxylation sites is 2. The monoisotopic (exact) mass is 658 g/mol. The lowest BCUT2D eigenvalue weighted by atomic mass is 9.51. The first-order valence-electron chi connectivity index (χ1n) is 18.1. The smallest absolute Gasteiger partial charge is 0.162 e. The first-order chi connectivity index (χ1) is 24.4. The number of likely N-dealkylation sites (N-methyl/N-ethyl adjacent to an activating group) is 1. The Kier molecular flexibility index (Phi) is 6.13. The number of hydrogen-bond acceptors (Lipinski definition) is 7. The van der Waals surface area contributed by atoms with Crippen LogP contribution in [0.1, 0.15) is 56.2 Å². The van der Waals surface area contributed by atoms with E-state index >= 15 is 0 Å². The number of rotatable bonds is 3. The van der Waals surface area contributed by atoms with E-state index in [-0.39, 0.29) is 23.2 Å². The van der Waals surface area contributed by atoms with Crippen molar-refractivity contribution in [1.29, 1.82) is 0 Å². The largest absolute Gasteiger partial charge is 0.454 e. The van der Waals surface area contributed by atoms with Gasteiger partial charge in [-0.3, -0.25) is 0 Å². The van der Waals surface area contributed by atoms with Gasteiger partial charge in [-0.15, -0.1) is 0 Å². The zero-order chi connectivity index (χ0) is 33.9. The fourth-order valence-corrected chi connectivity index (χ4v) is 10.6. The van der Waals surface area contributed by atoms with E-state index in [0.29, 0.717) is 0 Å². The molecule has 1 spiro atoms. The summed E-state index contributed by atoms with van der Waals surface area (Å²) in [5, 5.41) is 2.34. The van der Waals surface area contributed by atoms with Gasteiger partial charge in [0, 0.05) is 59.3 Å². The number of anilines is 4. The average Bonchev–Trinajstić information content (AvgIpc) is 3.87. The predicted molar refractivity (Wildman–Crippen MR) is 203 cm³/mol. The van der Waals surface area contributed by atoms with Crippen LogP contribution in [-0.4, -0.2) is 41.3 Å². The molecule has 0 bridgehead atoms. The van der Waals surface area contributed by atoms with E-state index in [1.165, 1.54) is 38.8 Å². The van der Waals surface area contributed by atoms with Gasteiger partial charge in [0.05, 0.1) is 11.9 Å². The lowest BCUT2D eigenvalue weighted by Gasteiger charge is -2.56. The van der Waals surface area contributed by atoms with E-state index in [1.807, 2.05) is 0 Å². The van der Waals surface area contributed by atoms with Crippen LogP contribution < -0.4 is 14.7 Å². The van der Waals surface area contributed by atoms with Gasteiger partial charge in [0.1, 0.15) is 23.6 Å². The van der Waals surface area contributed by atoms with E-state index in [2.05, 4.69) is 158 Å². The van der Waals surface area contributed by atoms with Gasteiger partial charge < -0.3 is 24.0 Å². The summed E-state index contributed by atoms with van der Waals surface area (Å²) in [6, 6.07) is 30.9. The second-order valence-electron chi connectivity index (χ2n) is 14.7. The Morgan fingerprint density at radius 3 is 2.44 bits per heavy atom. The number of furan rings is 1. The summed E-state index contributed by atoms with van der Waals surface area (Å²) in [4.78, 5) is 20.3. The van der Waals surface area contributed by atoms with E-state index in [4.69, 9.17) is 14.4 Å². The zero-order valence-corrected chi connectivity index (χ0v) is 29.4. The normalized spacial score (nSPS) is 22.9. The molecule has 0 radical (unpaired) electrons. The first kappa shape index (κ1) is 29.6. The quantitative estimate of drug-likeness (QED) is 0.188. The molecule has 0 fully saturated rings. The maximum Gasteiger partial charge on any atom is 0.162 e. The van der Waals surface area contributed by atoms with Gasteiger partial charge in [0.15, 0.2) is 17.2 Å². The molecular formula is C43H42N6O. The van der Waals surface area contributed by atoms with Crippen molar-refractivity contribution in [2.75, 3.05) is 28.8 Å². The number of aromatic nitrogens is 2. The molecular weight excluding hydrogens is 617 g/mol. The molecule has 6 heterocycles. The lowest BCUT2D eigenvalue weighted by molar-refractivity contribution is 0.137. The maximum atomic E-state index is 6.88. The zero-order valence-electron chi connectivity index (χ0n) is 29.4. The van der Waals surface area contributed by atoms with E-state index in [1.54, 1.807) is 0 Å². The molecule has 3 unspecified atom stereocenters. The second-order valence-corrected chi connectivity index (χ2v) is 14.7. The van der Waals surface area contributed by atoms with Gasteiger partial charge in [-0.05, 0) is 61.4 Å². The Bertz CT molecular complexity index is 2370. The van der Waals surface area contributed by atoms with Crippen molar-refractivity contribution in [2.45, 2.75) is 69.6 Å². The summed E-state index contributed by atoms with van der Waals surface area (Å²) < 4.78 is 6.88. The van der Waals surface area contributed by atoms with Crippen LogP contribution in [0.25, 0.3) is 33.3 Å². The number of fused-ring (bicyclic) bond motifs is 14. The molecule has 0 aliphatic carbocycles.